The van der Waals surface area contributed by atoms with Crippen LogP contribution in [0.2, 0.25) is 0 Å². The van der Waals surface area contributed by atoms with E-state index in [2.05, 4.69) is 13.8 Å². The molecule has 1 N–H and O–H groups in total. The molecule has 3 heteroatoms. The number of carboxylic acids is 1. The Balaban J connectivity index is 2.65. The normalized spacial score (nSPS) is 10.8. The van der Waals surface area contributed by atoms with Crippen molar-refractivity contribution < 1.29 is 9.90 Å². The molecule has 1 aromatic carbocycles. The minimum absolute atomic E-state index is 0.336. The summed E-state index contributed by atoms with van der Waals surface area (Å²) in [5.41, 5.74) is 2.26. The molecule has 2 aromatic rings. The number of rotatable bonds is 3. The standard InChI is InChI=1S/C14H14O2S/c1-9(2)13-12(10-6-4-3-5-7-10)11(8-17-13)14(15)16/h3-9H,1-2H3,(H,15,16). The zero-order valence-corrected chi connectivity index (χ0v) is 10.6. The van der Waals surface area contributed by atoms with Crippen molar-refractivity contribution in [2.24, 2.45) is 0 Å². The Morgan fingerprint density at radius 3 is 2.41 bits per heavy atom. The molecule has 88 valence electrons. The van der Waals surface area contributed by atoms with Crippen molar-refractivity contribution in [2.45, 2.75) is 19.8 Å². The Bertz CT molecular complexity index is 526. The fraction of sp³-hybridized carbons (Fsp3) is 0.214. The molecule has 1 aromatic heterocycles. The molecule has 0 saturated carbocycles. The summed E-state index contributed by atoms with van der Waals surface area (Å²) in [4.78, 5) is 12.4. The summed E-state index contributed by atoms with van der Waals surface area (Å²) in [6, 6.07) is 9.72. The van der Waals surface area contributed by atoms with E-state index in [0.717, 1.165) is 16.0 Å². The molecular weight excluding hydrogens is 232 g/mol. The summed E-state index contributed by atoms with van der Waals surface area (Å²) in [6.45, 7) is 4.17. The van der Waals surface area contributed by atoms with Gasteiger partial charge in [-0.05, 0) is 11.5 Å². The Labute approximate surface area is 105 Å². The molecule has 17 heavy (non-hydrogen) atoms. The lowest BCUT2D eigenvalue weighted by molar-refractivity contribution is 0.0698. The van der Waals surface area contributed by atoms with Crippen molar-refractivity contribution in [3.8, 4) is 11.1 Å². The lowest BCUT2D eigenvalue weighted by Gasteiger charge is -2.08. The van der Waals surface area contributed by atoms with E-state index in [1.807, 2.05) is 30.3 Å². The van der Waals surface area contributed by atoms with Crippen molar-refractivity contribution in [3.05, 3.63) is 46.2 Å². The number of hydrogen-bond acceptors (Lipinski definition) is 2. The van der Waals surface area contributed by atoms with Crippen molar-refractivity contribution in [1.29, 1.82) is 0 Å². The summed E-state index contributed by atoms with van der Waals surface area (Å²) >= 11 is 1.53. The number of thiophene rings is 1. The van der Waals surface area contributed by atoms with Gasteiger partial charge in [-0.25, -0.2) is 4.79 Å². The highest BCUT2D eigenvalue weighted by atomic mass is 32.1. The second kappa shape index (κ2) is 4.72. The Kier molecular flexibility index (Phi) is 3.29. The van der Waals surface area contributed by atoms with Gasteiger partial charge in [0.1, 0.15) is 0 Å². The summed E-state index contributed by atoms with van der Waals surface area (Å²) in [5.74, 6) is -0.518. The van der Waals surface area contributed by atoms with Gasteiger partial charge in [-0.3, -0.25) is 0 Å². The zero-order valence-electron chi connectivity index (χ0n) is 9.81. The molecule has 0 aliphatic carbocycles. The van der Waals surface area contributed by atoms with Crippen LogP contribution in [-0.2, 0) is 0 Å². The molecule has 0 fully saturated rings. The van der Waals surface area contributed by atoms with E-state index in [1.54, 1.807) is 5.38 Å². The maximum atomic E-state index is 11.2. The zero-order chi connectivity index (χ0) is 12.4. The monoisotopic (exact) mass is 246 g/mol. The molecule has 2 rings (SSSR count). The average Bonchev–Trinajstić information content (AvgIpc) is 2.74. The lowest BCUT2D eigenvalue weighted by atomic mass is 9.97. The van der Waals surface area contributed by atoms with Crippen LogP contribution in [-0.4, -0.2) is 11.1 Å². The number of benzene rings is 1. The van der Waals surface area contributed by atoms with E-state index in [4.69, 9.17) is 0 Å². The molecular formula is C14H14O2S. The average molecular weight is 246 g/mol. The van der Waals surface area contributed by atoms with Crippen molar-refractivity contribution in [2.75, 3.05) is 0 Å². The highest BCUT2D eigenvalue weighted by Crippen LogP contribution is 2.37. The Morgan fingerprint density at radius 2 is 1.88 bits per heavy atom. The first kappa shape index (κ1) is 11.9. The van der Waals surface area contributed by atoms with Gasteiger partial charge in [0.05, 0.1) is 5.56 Å². The minimum atomic E-state index is -0.855. The molecule has 0 amide bonds. The molecule has 0 saturated heterocycles. The van der Waals surface area contributed by atoms with Gasteiger partial charge in [-0.2, -0.15) is 0 Å². The fourth-order valence-electron chi connectivity index (χ4n) is 1.86. The molecule has 0 aliphatic heterocycles. The van der Waals surface area contributed by atoms with Gasteiger partial charge in [0, 0.05) is 15.8 Å². The SMILES string of the molecule is CC(C)c1scc(C(=O)O)c1-c1ccccc1. The Hall–Kier alpha value is -1.61. The first-order chi connectivity index (χ1) is 8.11. The smallest absolute Gasteiger partial charge is 0.337 e. The largest absolute Gasteiger partial charge is 0.478 e. The molecule has 0 unspecified atom stereocenters. The quantitative estimate of drug-likeness (QED) is 0.879. The predicted octanol–water partition coefficient (Wildman–Crippen LogP) is 4.24. The fourth-order valence-corrected chi connectivity index (χ4v) is 2.94. The number of carboxylic acid groups (broad SMARTS) is 1. The van der Waals surface area contributed by atoms with Gasteiger partial charge in [-0.15, -0.1) is 11.3 Å². The molecule has 0 spiro atoms. The highest BCUT2D eigenvalue weighted by molar-refractivity contribution is 7.11. The summed E-state index contributed by atoms with van der Waals surface area (Å²) in [6.07, 6.45) is 0. The molecule has 2 nitrogen and oxygen atoms in total. The van der Waals surface area contributed by atoms with Crippen LogP contribution in [0.15, 0.2) is 35.7 Å². The maximum Gasteiger partial charge on any atom is 0.337 e. The lowest BCUT2D eigenvalue weighted by Crippen LogP contribution is -1.98. The van der Waals surface area contributed by atoms with E-state index in [9.17, 15) is 9.90 Å². The second-order valence-electron chi connectivity index (χ2n) is 4.21. The van der Waals surface area contributed by atoms with E-state index >= 15 is 0 Å². The summed E-state index contributed by atoms with van der Waals surface area (Å²) in [7, 11) is 0. The van der Waals surface area contributed by atoms with Crippen LogP contribution in [0.4, 0.5) is 0 Å². The topological polar surface area (TPSA) is 37.3 Å². The van der Waals surface area contributed by atoms with Crippen LogP contribution in [0.5, 0.6) is 0 Å². The van der Waals surface area contributed by atoms with Gasteiger partial charge in [-0.1, -0.05) is 44.2 Å². The van der Waals surface area contributed by atoms with Crippen LogP contribution in [0, 0.1) is 0 Å². The third kappa shape index (κ3) is 2.24. The Morgan fingerprint density at radius 1 is 1.24 bits per heavy atom. The molecule has 0 radical (unpaired) electrons. The third-order valence-electron chi connectivity index (χ3n) is 2.64. The van der Waals surface area contributed by atoms with E-state index in [1.165, 1.54) is 11.3 Å². The third-order valence-corrected chi connectivity index (χ3v) is 3.92. The van der Waals surface area contributed by atoms with E-state index < -0.39 is 5.97 Å². The van der Waals surface area contributed by atoms with Gasteiger partial charge in [0.25, 0.3) is 0 Å². The predicted molar refractivity (Wildman–Crippen MR) is 70.8 cm³/mol. The van der Waals surface area contributed by atoms with Crippen LogP contribution in [0.3, 0.4) is 0 Å². The summed E-state index contributed by atoms with van der Waals surface area (Å²) in [5, 5.41) is 11.0. The van der Waals surface area contributed by atoms with E-state index in [0.29, 0.717) is 11.5 Å². The molecule has 0 bridgehead atoms. The van der Waals surface area contributed by atoms with Crippen LogP contribution in [0.25, 0.3) is 11.1 Å². The van der Waals surface area contributed by atoms with Crippen LogP contribution >= 0.6 is 11.3 Å². The molecule has 1 heterocycles. The van der Waals surface area contributed by atoms with Crippen molar-refractivity contribution in [3.63, 3.8) is 0 Å². The van der Waals surface area contributed by atoms with E-state index in [-0.39, 0.29) is 0 Å². The van der Waals surface area contributed by atoms with Gasteiger partial charge < -0.3 is 5.11 Å². The first-order valence-electron chi connectivity index (χ1n) is 5.51. The first-order valence-corrected chi connectivity index (χ1v) is 6.39. The van der Waals surface area contributed by atoms with Gasteiger partial charge in [0.2, 0.25) is 0 Å². The highest BCUT2D eigenvalue weighted by Gasteiger charge is 2.19. The van der Waals surface area contributed by atoms with Crippen LogP contribution < -0.4 is 0 Å². The number of carbonyl (C=O) groups is 1. The van der Waals surface area contributed by atoms with Crippen molar-refractivity contribution in [1.82, 2.24) is 0 Å². The van der Waals surface area contributed by atoms with Gasteiger partial charge in [0.15, 0.2) is 0 Å². The second-order valence-corrected chi connectivity index (χ2v) is 5.13. The minimum Gasteiger partial charge on any atom is -0.478 e. The molecule has 0 aliphatic rings. The summed E-state index contributed by atoms with van der Waals surface area (Å²) < 4.78 is 0. The molecule has 0 atom stereocenters. The maximum absolute atomic E-state index is 11.2. The van der Waals surface area contributed by atoms with Gasteiger partial charge >= 0.3 is 5.97 Å². The van der Waals surface area contributed by atoms with Crippen molar-refractivity contribution >= 4 is 17.3 Å². The number of hydrogen-bond donors (Lipinski definition) is 1. The van der Waals surface area contributed by atoms with Crippen LogP contribution in [0.1, 0.15) is 35.0 Å². The number of aromatic carboxylic acids is 1.